The minimum absolute atomic E-state index is 0.0300. The summed E-state index contributed by atoms with van der Waals surface area (Å²) in [6.45, 7) is 0.0300. The first-order chi connectivity index (χ1) is 13.5. The third-order valence-electron chi connectivity index (χ3n) is 4.03. The Morgan fingerprint density at radius 1 is 1.07 bits per heavy atom. The van der Waals surface area contributed by atoms with Crippen molar-refractivity contribution in [3.63, 3.8) is 0 Å². The summed E-state index contributed by atoms with van der Waals surface area (Å²) in [6.07, 6.45) is 1.68. The van der Waals surface area contributed by atoms with Crippen molar-refractivity contribution in [3.8, 4) is 5.75 Å². The lowest BCUT2D eigenvalue weighted by Crippen LogP contribution is -2.33. The Kier molecular flexibility index (Phi) is 6.00. The van der Waals surface area contributed by atoms with Crippen LogP contribution in [0, 0.1) is 0 Å². The first-order valence-electron chi connectivity index (χ1n) is 8.33. The SMILES string of the molecule is COC(=O)c1ccc(NCN2C(=O)S/C(=C/c3ccc(OC)cc3)C2=O)cc1. The molecule has 1 aliphatic heterocycles. The maximum Gasteiger partial charge on any atom is 0.337 e. The van der Waals surface area contributed by atoms with Crippen molar-refractivity contribution in [2.45, 2.75) is 0 Å². The van der Waals surface area contributed by atoms with Gasteiger partial charge in [-0.2, -0.15) is 0 Å². The molecule has 1 aliphatic rings. The van der Waals surface area contributed by atoms with Gasteiger partial charge in [-0.1, -0.05) is 12.1 Å². The van der Waals surface area contributed by atoms with Crippen molar-refractivity contribution in [3.05, 3.63) is 64.6 Å². The van der Waals surface area contributed by atoms with Gasteiger partial charge in [0.15, 0.2) is 0 Å². The summed E-state index contributed by atoms with van der Waals surface area (Å²) in [5.41, 5.74) is 1.89. The van der Waals surface area contributed by atoms with Crippen LogP contribution in [0.2, 0.25) is 0 Å². The van der Waals surface area contributed by atoms with Gasteiger partial charge in [0.1, 0.15) is 5.75 Å². The number of carbonyl (C=O) groups excluding carboxylic acids is 3. The number of benzene rings is 2. The first-order valence-corrected chi connectivity index (χ1v) is 9.15. The third-order valence-corrected chi connectivity index (χ3v) is 4.94. The molecule has 0 atom stereocenters. The number of esters is 1. The third kappa shape index (κ3) is 4.34. The molecule has 0 unspecified atom stereocenters. The molecule has 1 saturated heterocycles. The fraction of sp³-hybridized carbons (Fsp3) is 0.150. The van der Waals surface area contributed by atoms with Gasteiger partial charge in [0.05, 0.1) is 31.4 Å². The van der Waals surface area contributed by atoms with Crippen LogP contribution in [0.5, 0.6) is 5.75 Å². The molecule has 0 aromatic heterocycles. The smallest absolute Gasteiger partial charge is 0.337 e. The van der Waals surface area contributed by atoms with Gasteiger partial charge in [-0.3, -0.25) is 14.5 Å². The molecule has 0 spiro atoms. The van der Waals surface area contributed by atoms with Gasteiger partial charge in [0.2, 0.25) is 0 Å². The molecule has 28 heavy (non-hydrogen) atoms. The Bertz CT molecular complexity index is 923. The van der Waals surface area contributed by atoms with Crippen molar-refractivity contribution in [1.29, 1.82) is 0 Å². The minimum atomic E-state index is -0.429. The molecule has 2 aromatic carbocycles. The zero-order valence-electron chi connectivity index (χ0n) is 15.3. The summed E-state index contributed by atoms with van der Waals surface area (Å²) in [6, 6.07) is 13.8. The lowest BCUT2D eigenvalue weighted by atomic mass is 10.2. The Balaban J connectivity index is 1.64. The molecule has 7 nitrogen and oxygen atoms in total. The highest BCUT2D eigenvalue weighted by Crippen LogP contribution is 2.32. The number of amides is 2. The number of methoxy groups -OCH3 is 2. The van der Waals surface area contributed by atoms with Gasteiger partial charge in [-0.15, -0.1) is 0 Å². The second-order valence-corrected chi connectivity index (χ2v) is 6.78. The number of imide groups is 1. The molecule has 0 aliphatic carbocycles. The van der Waals surface area contributed by atoms with Gasteiger partial charge < -0.3 is 14.8 Å². The van der Waals surface area contributed by atoms with Crippen molar-refractivity contribution in [2.75, 3.05) is 26.2 Å². The van der Waals surface area contributed by atoms with E-state index in [1.165, 1.54) is 7.11 Å². The number of nitrogens with one attached hydrogen (secondary N) is 1. The first kappa shape index (κ1) is 19.5. The molecule has 2 amide bonds. The highest BCUT2D eigenvalue weighted by atomic mass is 32.2. The van der Waals surface area contributed by atoms with Gasteiger partial charge in [-0.25, -0.2) is 4.79 Å². The van der Waals surface area contributed by atoms with Crippen LogP contribution in [-0.4, -0.2) is 42.9 Å². The second kappa shape index (κ2) is 8.62. The summed E-state index contributed by atoms with van der Waals surface area (Å²) in [4.78, 5) is 37.7. The summed E-state index contributed by atoms with van der Waals surface area (Å²) in [5, 5.41) is 2.66. The number of anilines is 1. The minimum Gasteiger partial charge on any atom is -0.497 e. The number of ether oxygens (including phenoxy) is 2. The predicted molar refractivity (Wildman–Crippen MR) is 107 cm³/mol. The van der Waals surface area contributed by atoms with E-state index in [4.69, 9.17) is 4.74 Å². The molecule has 0 saturated carbocycles. The van der Waals surface area contributed by atoms with Crippen molar-refractivity contribution in [1.82, 2.24) is 4.90 Å². The van der Waals surface area contributed by atoms with E-state index in [0.717, 1.165) is 22.2 Å². The molecule has 2 aromatic rings. The highest BCUT2D eigenvalue weighted by molar-refractivity contribution is 8.18. The highest BCUT2D eigenvalue weighted by Gasteiger charge is 2.34. The summed E-state index contributed by atoms with van der Waals surface area (Å²) in [7, 11) is 2.89. The van der Waals surface area contributed by atoms with Crippen LogP contribution in [0.3, 0.4) is 0 Å². The molecule has 1 N–H and O–H groups in total. The zero-order valence-corrected chi connectivity index (χ0v) is 16.1. The van der Waals surface area contributed by atoms with E-state index in [-0.39, 0.29) is 17.8 Å². The van der Waals surface area contributed by atoms with Crippen molar-refractivity contribution < 1.29 is 23.9 Å². The van der Waals surface area contributed by atoms with E-state index in [2.05, 4.69) is 10.1 Å². The maximum absolute atomic E-state index is 12.5. The average molecular weight is 398 g/mol. The number of hydrogen-bond acceptors (Lipinski definition) is 7. The van der Waals surface area contributed by atoms with Crippen LogP contribution in [0.15, 0.2) is 53.4 Å². The molecular weight excluding hydrogens is 380 g/mol. The molecule has 144 valence electrons. The lowest BCUT2D eigenvalue weighted by molar-refractivity contribution is -0.122. The average Bonchev–Trinajstić information content (AvgIpc) is 2.99. The normalized spacial score (nSPS) is 15.1. The number of thioether (sulfide) groups is 1. The molecule has 8 heteroatoms. The summed E-state index contributed by atoms with van der Waals surface area (Å²) >= 11 is 0.897. The Hall–Kier alpha value is -3.26. The molecule has 3 rings (SSSR count). The molecule has 0 radical (unpaired) electrons. The Morgan fingerprint density at radius 3 is 2.36 bits per heavy atom. The fourth-order valence-corrected chi connectivity index (χ4v) is 3.34. The van der Waals surface area contributed by atoms with Crippen molar-refractivity contribution in [2.24, 2.45) is 0 Å². The van der Waals surface area contributed by atoms with Crippen LogP contribution in [0.25, 0.3) is 6.08 Å². The number of carbonyl (C=O) groups is 3. The topological polar surface area (TPSA) is 84.9 Å². The van der Waals surface area contributed by atoms with Gasteiger partial charge in [0.25, 0.3) is 11.1 Å². The van der Waals surface area contributed by atoms with Crippen LogP contribution < -0.4 is 10.1 Å². The largest absolute Gasteiger partial charge is 0.497 e. The van der Waals surface area contributed by atoms with Gasteiger partial charge in [0, 0.05) is 5.69 Å². The second-order valence-electron chi connectivity index (χ2n) is 5.79. The van der Waals surface area contributed by atoms with E-state index < -0.39 is 5.97 Å². The van der Waals surface area contributed by atoms with Gasteiger partial charge in [-0.05, 0) is 59.8 Å². The predicted octanol–water partition coefficient (Wildman–Crippen LogP) is 3.59. The molecular formula is C20H18N2O5S. The van der Waals surface area contributed by atoms with Crippen LogP contribution in [-0.2, 0) is 9.53 Å². The van der Waals surface area contributed by atoms with E-state index in [9.17, 15) is 14.4 Å². The van der Waals surface area contributed by atoms with E-state index >= 15 is 0 Å². The molecule has 0 bridgehead atoms. The van der Waals surface area contributed by atoms with Crippen LogP contribution >= 0.6 is 11.8 Å². The summed E-state index contributed by atoms with van der Waals surface area (Å²) < 4.78 is 9.75. The lowest BCUT2D eigenvalue weighted by Gasteiger charge is -2.14. The van der Waals surface area contributed by atoms with E-state index in [1.54, 1.807) is 49.6 Å². The summed E-state index contributed by atoms with van der Waals surface area (Å²) in [5.74, 6) is -0.0710. The Morgan fingerprint density at radius 2 is 1.75 bits per heavy atom. The van der Waals surface area contributed by atoms with Crippen LogP contribution in [0.4, 0.5) is 10.5 Å². The monoisotopic (exact) mass is 398 g/mol. The number of rotatable bonds is 6. The fourth-order valence-electron chi connectivity index (χ4n) is 2.50. The maximum atomic E-state index is 12.5. The number of nitrogens with zero attached hydrogens (tertiary/aromatic N) is 1. The van der Waals surface area contributed by atoms with E-state index in [0.29, 0.717) is 21.9 Å². The van der Waals surface area contributed by atoms with E-state index in [1.807, 2.05) is 12.1 Å². The van der Waals surface area contributed by atoms with Gasteiger partial charge >= 0.3 is 5.97 Å². The van der Waals surface area contributed by atoms with Crippen LogP contribution in [0.1, 0.15) is 15.9 Å². The number of hydrogen-bond donors (Lipinski definition) is 1. The molecule has 1 fully saturated rings. The zero-order chi connectivity index (χ0) is 20.1. The van der Waals surface area contributed by atoms with Crippen molar-refractivity contribution >= 4 is 40.6 Å². The Labute approximate surface area is 166 Å². The quantitative estimate of drug-likeness (QED) is 0.588. The standard InChI is InChI=1S/C20H18N2O5S/c1-26-16-9-3-13(4-10-16)11-17-18(23)22(20(25)28-17)12-21-15-7-5-14(6-8-15)19(24)27-2/h3-11,21H,12H2,1-2H3/b17-11+. The molecule has 1 heterocycles.